The molecule has 1 amide bonds. The number of carbonyl (C=O) groups excluding carboxylic acids is 2. The van der Waals surface area contributed by atoms with Crippen molar-refractivity contribution in [2.75, 3.05) is 36.9 Å². The molecule has 0 aliphatic rings. The standard InChI is InChI=1S/C37H40Cl2N4O5/c1-37(2,3)48-36(45)42-32(21-24-9-13-27(14-10-24)43(19-17-38)20-18-39)35(44)47-23-26-22-30-29-7-5-6-8-31(29)41-34(30)33(40-26)25-11-15-28(46-4)16-12-25/h5-16,22,32,41H,17-21,23H2,1-4H3,(H,42,45)/t32-/m0/s1. The lowest BCUT2D eigenvalue weighted by Crippen LogP contribution is -2.45. The van der Waals surface area contributed by atoms with E-state index in [1.165, 1.54) is 0 Å². The SMILES string of the molecule is COc1ccc(-c2nc(COC(=O)[C@H](Cc3ccc(N(CCCl)CCCl)cc3)NC(=O)OC(C)(C)C)cc3c2[nH]c2ccccc23)cc1. The molecule has 9 nitrogen and oxygen atoms in total. The summed E-state index contributed by atoms with van der Waals surface area (Å²) in [6.45, 7) is 6.49. The number of rotatable bonds is 13. The summed E-state index contributed by atoms with van der Waals surface area (Å²) in [6.07, 6.45) is -0.522. The second-order valence-electron chi connectivity index (χ2n) is 12.3. The molecule has 1 atom stereocenters. The van der Waals surface area contributed by atoms with Crippen molar-refractivity contribution in [3.8, 4) is 17.0 Å². The molecule has 3 aromatic carbocycles. The summed E-state index contributed by atoms with van der Waals surface area (Å²) in [4.78, 5) is 37.0. The molecule has 48 heavy (non-hydrogen) atoms. The molecule has 5 aromatic rings. The van der Waals surface area contributed by atoms with Gasteiger partial charge in [-0.05, 0) is 74.9 Å². The molecule has 0 bridgehead atoms. The van der Waals surface area contributed by atoms with Crippen LogP contribution in [0, 0.1) is 0 Å². The number of alkyl carbamates (subject to hydrolysis) is 1. The Balaban J connectivity index is 1.41. The van der Waals surface area contributed by atoms with Crippen molar-refractivity contribution in [2.24, 2.45) is 0 Å². The number of benzene rings is 3. The highest BCUT2D eigenvalue weighted by Crippen LogP contribution is 2.33. The zero-order valence-corrected chi connectivity index (χ0v) is 29.0. The van der Waals surface area contributed by atoms with Crippen LogP contribution in [0.3, 0.4) is 0 Å². The van der Waals surface area contributed by atoms with Crippen molar-refractivity contribution in [1.82, 2.24) is 15.3 Å². The molecule has 0 fully saturated rings. The van der Waals surface area contributed by atoms with E-state index in [0.29, 0.717) is 30.5 Å². The van der Waals surface area contributed by atoms with Crippen LogP contribution in [0.1, 0.15) is 32.0 Å². The summed E-state index contributed by atoms with van der Waals surface area (Å²) in [7, 11) is 1.62. The van der Waals surface area contributed by atoms with Crippen LogP contribution in [0.2, 0.25) is 0 Å². The summed E-state index contributed by atoms with van der Waals surface area (Å²) < 4.78 is 16.7. The number of aromatic nitrogens is 2. The molecule has 252 valence electrons. The minimum absolute atomic E-state index is 0.102. The minimum Gasteiger partial charge on any atom is -0.497 e. The van der Waals surface area contributed by atoms with Crippen molar-refractivity contribution >= 4 is 62.8 Å². The molecular weight excluding hydrogens is 651 g/mol. The molecular formula is C37H40Cl2N4O5. The van der Waals surface area contributed by atoms with Gasteiger partial charge in [0.25, 0.3) is 0 Å². The van der Waals surface area contributed by atoms with Gasteiger partial charge in [-0.1, -0.05) is 30.3 Å². The van der Waals surface area contributed by atoms with Crippen molar-refractivity contribution in [2.45, 2.75) is 45.4 Å². The number of amides is 1. The van der Waals surface area contributed by atoms with Crippen molar-refractivity contribution < 1.29 is 23.8 Å². The molecule has 0 saturated heterocycles. The number of hydrogen-bond donors (Lipinski definition) is 2. The van der Waals surface area contributed by atoms with Gasteiger partial charge in [-0.25, -0.2) is 14.6 Å². The third-order valence-electron chi connectivity index (χ3n) is 7.70. The number of pyridine rings is 1. The number of fused-ring (bicyclic) bond motifs is 3. The summed E-state index contributed by atoms with van der Waals surface area (Å²) in [5.41, 5.74) is 5.05. The molecule has 0 aliphatic heterocycles. The molecule has 5 rings (SSSR count). The van der Waals surface area contributed by atoms with Crippen LogP contribution >= 0.6 is 23.2 Å². The van der Waals surface area contributed by atoms with Gasteiger partial charge in [-0.15, -0.1) is 23.2 Å². The Bertz CT molecular complexity index is 1850. The number of nitrogens with zero attached hydrogens (tertiary/aromatic N) is 2. The average Bonchev–Trinajstić information content (AvgIpc) is 3.44. The Labute approximate surface area is 290 Å². The lowest BCUT2D eigenvalue weighted by atomic mass is 10.1. The number of methoxy groups -OCH3 is 1. The summed E-state index contributed by atoms with van der Waals surface area (Å²) in [6, 6.07) is 24.3. The van der Waals surface area contributed by atoms with E-state index in [4.69, 9.17) is 42.4 Å². The van der Waals surface area contributed by atoms with Crippen molar-refractivity contribution in [1.29, 1.82) is 0 Å². The first-order valence-corrected chi connectivity index (χ1v) is 16.8. The summed E-state index contributed by atoms with van der Waals surface area (Å²) >= 11 is 12.0. The second kappa shape index (κ2) is 15.6. The van der Waals surface area contributed by atoms with E-state index in [-0.39, 0.29) is 13.0 Å². The molecule has 2 heterocycles. The van der Waals surface area contributed by atoms with Gasteiger partial charge in [0.05, 0.1) is 24.0 Å². The fraction of sp³-hybridized carbons (Fsp3) is 0.324. The number of alkyl halides is 2. The number of hydrogen-bond acceptors (Lipinski definition) is 7. The average molecular weight is 692 g/mol. The topological polar surface area (TPSA) is 106 Å². The van der Waals surface area contributed by atoms with Gasteiger partial charge in [-0.2, -0.15) is 0 Å². The second-order valence-corrected chi connectivity index (χ2v) is 13.1. The summed E-state index contributed by atoms with van der Waals surface area (Å²) in [5.74, 6) is 1.06. The van der Waals surface area contributed by atoms with Crippen molar-refractivity contribution in [3.05, 3.63) is 90.1 Å². The summed E-state index contributed by atoms with van der Waals surface area (Å²) in [5, 5.41) is 4.70. The van der Waals surface area contributed by atoms with E-state index in [1.807, 2.05) is 78.9 Å². The number of aromatic amines is 1. The van der Waals surface area contributed by atoms with Gasteiger partial charge < -0.3 is 29.4 Å². The van der Waals surface area contributed by atoms with E-state index < -0.39 is 23.7 Å². The number of halogens is 2. The van der Waals surface area contributed by atoms with Crippen LogP contribution < -0.4 is 15.0 Å². The third kappa shape index (κ3) is 8.70. The van der Waals surface area contributed by atoms with Crippen LogP contribution in [0.25, 0.3) is 33.1 Å². The predicted molar refractivity (Wildman–Crippen MR) is 192 cm³/mol. The molecule has 2 N–H and O–H groups in total. The van der Waals surface area contributed by atoms with E-state index in [1.54, 1.807) is 27.9 Å². The van der Waals surface area contributed by atoms with Gasteiger partial charge in [-0.3, -0.25) is 0 Å². The quantitative estimate of drug-likeness (QED) is 0.0957. The molecule has 0 saturated carbocycles. The molecule has 11 heteroatoms. The smallest absolute Gasteiger partial charge is 0.408 e. The van der Waals surface area contributed by atoms with Crippen LogP contribution in [-0.4, -0.2) is 65.6 Å². The number of para-hydroxylation sites is 1. The fourth-order valence-electron chi connectivity index (χ4n) is 5.47. The number of H-pyrrole nitrogens is 1. The molecule has 2 aromatic heterocycles. The van der Waals surface area contributed by atoms with Crippen molar-refractivity contribution in [3.63, 3.8) is 0 Å². The Morgan fingerprint density at radius 3 is 2.27 bits per heavy atom. The van der Waals surface area contributed by atoms with E-state index in [2.05, 4.69) is 15.2 Å². The van der Waals surface area contributed by atoms with Crippen LogP contribution in [-0.2, 0) is 27.3 Å². The number of carbonyl (C=O) groups is 2. The number of nitrogens with one attached hydrogen (secondary N) is 2. The monoisotopic (exact) mass is 690 g/mol. The maximum absolute atomic E-state index is 13.6. The predicted octanol–water partition coefficient (Wildman–Crippen LogP) is 7.85. The Morgan fingerprint density at radius 2 is 1.62 bits per heavy atom. The molecule has 0 aliphatic carbocycles. The van der Waals surface area contributed by atoms with Crippen LogP contribution in [0.4, 0.5) is 10.5 Å². The Hall–Kier alpha value is -4.47. The van der Waals surface area contributed by atoms with Gasteiger partial charge in [0.15, 0.2) is 0 Å². The van der Waals surface area contributed by atoms with Crippen LogP contribution in [0.15, 0.2) is 78.9 Å². The normalized spacial score (nSPS) is 12.1. The lowest BCUT2D eigenvalue weighted by Gasteiger charge is -2.24. The van der Waals surface area contributed by atoms with E-state index in [9.17, 15) is 9.59 Å². The molecule has 0 unspecified atom stereocenters. The largest absolute Gasteiger partial charge is 0.497 e. The van der Waals surface area contributed by atoms with E-state index in [0.717, 1.165) is 50.1 Å². The first-order chi connectivity index (χ1) is 23.1. The Kier molecular flexibility index (Phi) is 11.3. The maximum atomic E-state index is 13.6. The highest BCUT2D eigenvalue weighted by atomic mass is 35.5. The highest BCUT2D eigenvalue weighted by Gasteiger charge is 2.27. The van der Waals surface area contributed by atoms with E-state index >= 15 is 0 Å². The lowest BCUT2D eigenvalue weighted by molar-refractivity contribution is -0.147. The number of esters is 1. The van der Waals surface area contributed by atoms with Gasteiger partial charge in [0, 0.05) is 58.8 Å². The Morgan fingerprint density at radius 1 is 0.938 bits per heavy atom. The molecule has 0 spiro atoms. The van der Waals surface area contributed by atoms with Gasteiger partial charge in [0.1, 0.15) is 24.0 Å². The zero-order chi connectivity index (χ0) is 34.3. The van der Waals surface area contributed by atoms with Crippen LogP contribution in [0.5, 0.6) is 5.75 Å². The van der Waals surface area contributed by atoms with Gasteiger partial charge in [0.2, 0.25) is 0 Å². The maximum Gasteiger partial charge on any atom is 0.408 e. The number of anilines is 1. The highest BCUT2D eigenvalue weighted by molar-refractivity contribution is 6.18. The first kappa shape index (κ1) is 34.9. The first-order valence-electron chi connectivity index (χ1n) is 15.7. The zero-order valence-electron chi connectivity index (χ0n) is 27.5. The van der Waals surface area contributed by atoms with Gasteiger partial charge >= 0.3 is 12.1 Å². The third-order valence-corrected chi connectivity index (χ3v) is 8.04. The minimum atomic E-state index is -1.01. The fourth-order valence-corrected chi connectivity index (χ4v) is 5.88. The number of ether oxygens (including phenoxy) is 3. The molecule has 0 radical (unpaired) electrons.